The molecule has 2 rings (SSSR count). The van der Waals surface area contributed by atoms with Gasteiger partial charge in [-0.15, -0.1) is 11.3 Å². The largest absolute Gasteiger partial charge is 0.469 e. The summed E-state index contributed by atoms with van der Waals surface area (Å²) >= 11 is 7.38. The highest BCUT2D eigenvalue weighted by Gasteiger charge is 2.06. The minimum absolute atomic E-state index is 0.224. The summed E-state index contributed by atoms with van der Waals surface area (Å²) in [5, 5.41) is 3.64. The fourth-order valence-corrected chi connectivity index (χ4v) is 2.62. The van der Waals surface area contributed by atoms with Gasteiger partial charge in [0.25, 0.3) is 0 Å². The normalized spacial score (nSPS) is 10.2. The van der Waals surface area contributed by atoms with E-state index in [2.05, 4.69) is 15.0 Å². The molecule has 0 saturated heterocycles. The number of anilines is 1. The number of hydrogen-bond acceptors (Lipinski definition) is 5. The molecule has 0 spiro atoms. The molecule has 0 amide bonds. The van der Waals surface area contributed by atoms with Gasteiger partial charge in [-0.1, -0.05) is 17.7 Å². The Kier molecular flexibility index (Phi) is 4.76. The lowest BCUT2D eigenvalue weighted by Crippen LogP contribution is -2.02. The zero-order chi connectivity index (χ0) is 13.7. The molecule has 2 aromatic heterocycles. The van der Waals surface area contributed by atoms with Gasteiger partial charge < -0.3 is 10.1 Å². The molecule has 0 fully saturated rings. The molecule has 0 bridgehead atoms. The molecule has 0 saturated carbocycles. The van der Waals surface area contributed by atoms with E-state index >= 15 is 0 Å². The van der Waals surface area contributed by atoms with Gasteiger partial charge >= 0.3 is 5.97 Å². The van der Waals surface area contributed by atoms with Gasteiger partial charge in [-0.3, -0.25) is 4.79 Å². The van der Waals surface area contributed by atoms with E-state index in [0.29, 0.717) is 18.1 Å². The summed E-state index contributed by atoms with van der Waals surface area (Å²) in [4.78, 5) is 17.4. The third-order valence-corrected chi connectivity index (χ3v) is 3.72. The van der Waals surface area contributed by atoms with Crippen LogP contribution in [0.2, 0.25) is 5.15 Å². The highest BCUT2D eigenvalue weighted by Crippen LogP contribution is 2.19. The first-order valence-electron chi connectivity index (χ1n) is 5.68. The lowest BCUT2D eigenvalue weighted by Gasteiger charge is -2.03. The molecule has 0 unspecified atom stereocenters. The Labute approximate surface area is 120 Å². The van der Waals surface area contributed by atoms with Crippen LogP contribution in [0.15, 0.2) is 30.3 Å². The van der Waals surface area contributed by atoms with Crippen LogP contribution in [0.25, 0.3) is 0 Å². The molecule has 0 radical (unpaired) electrons. The van der Waals surface area contributed by atoms with Crippen molar-refractivity contribution in [2.24, 2.45) is 0 Å². The molecule has 6 heteroatoms. The number of nitrogens with one attached hydrogen (secondary N) is 1. The van der Waals surface area contributed by atoms with E-state index in [1.807, 2.05) is 24.3 Å². The SMILES string of the molecule is COC(=O)Cc1ccc(CNc2cccc(Cl)n2)s1. The number of carbonyl (C=O) groups excluding carboxylic acids is 1. The molecule has 0 aliphatic carbocycles. The molecule has 1 N–H and O–H groups in total. The molecule has 0 aliphatic heterocycles. The molecule has 0 atom stereocenters. The van der Waals surface area contributed by atoms with E-state index < -0.39 is 0 Å². The third-order valence-electron chi connectivity index (χ3n) is 2.42. The summed E-state index contributed by atoms with van der Waals surface area (Å²) in [6.07, 6.45) is 0.316. The number of ether oxygens (including phenoxy) is 1. The highest BCUT2D eigenvalue weighted by atomic mass is 35.5. The van der Waals surface area contributed by atoms with Crippen LogP contribution in [0, 0.1) is 0 Å². The van der Waals surface area contributed by atoms with Crippen molar-refractivity contribution < 1.29 is 9.53 Å². The van der Waals surface area contributed by atoms with Crippen molar-refractivity contribution in [3.05, 3.63) is 45.2 Å². The Morgan fingerprint density at radius 2 is 2.16 bits per heavy atom. The molecule has 0 aliphatic rings. The number of carbonyl (C=O) groups is 1. The van der Waals surface area contributed by atoms with Crippen molar-refractivity contribution in [1.82, 2.24) is 4.98 Å². The summed E-state index contributed by atoms with van der Waals surface area (Å²) in [5.74, 6) is 0.508. The van der Waals surface area contributed by atoms with Crippen molar-refractivity contribution in [2.75, 3.05) is 12.4 Å². The van der Waals surface area contributed by atoms with Gasteiger partial charge in [0, 0.05) is 9.75 Å². The standard InChI is InChI=1S/C13H13ClN2O2S/c1-18-13(17)7-9-5-6-10(19-9)8-15-12-4-2-3-11(14)16-12/h2-6H,7-8H2,1H3,(H,15,16). The van der Waals surface area contributed by atoms with E-state index in [-0.39, 0.29) is 5.97 Å². The zero-order valence-electron chi connectivity index (χ0n) is 10.4. The number of halogens is 1. The lowest BCUT2D eigenvalue weighted by molar-refractivity contribution is -0.139. The van der Waals surface area contributed by atoms with Gasteiger partial charge in [-0.25, -0.2) is 4.98 Å². The van der Waals surface area contributed by atoms with E-state index in [4.69, 9.17) is 11.6 Å². The van der Waals surface area contributed by atoms with Crippen LogP contribution in [0.4, 0.5) is 5.82 Å². The fourth-order valence-electron chi connectivity index (χ4n) is 1.51. The molecule has 2 aromatic rings. The van der Waals surface area contributed by atoms with Gasteiger partial charge in [0.2, 0.25) is 0 Å². The predicted molar refractivity (Wildman–Crippen MR) is 76.6 cm³/mol. The first-order valence-corrected chi connectivity index (χ1v) is 6.87. The Hall–Kier alpha value is -1.59. The molecular weight excluding hydrogens is 284 g/mol. The van der Waals surface area contributed by atoms with Crippen molar-refractivity contribution in [2.45, 2.75) is 13.0 Å². The second-order valence-corrected chi connectivity index (χ2v) is 5.46. The monoisotopic (exact) mass is 296 g/mol. The Morgan fingerprint density at radius 1 is 1.37 bits per heavy atom. The predicted octanol–water partition coefficient (Wildman–Crippen LogP) is 3.12. The van der Waals surface area contributed by atoms with Gasteiger partial charge in [0.05, 0.1) is 20.1 Å². The third kappa shape index (κ3) is 4.22. The average Bonchev–Trinajstić information content (AvgIpc) is 2.84. The summed E-state index contributed by atoms with van der Waals surface area (Å²) in [7, 11) is 1.39. The van der Waals surface area contributed by atoms with Gasteiger partial charge in [-0.05, 0) is 24.3 Å². The Morgan fingerprint density at radius 3 is 2.89 bits per heavy atom. The second-order valence-electron chi connectivity index (χ2n) is 3.82. The minimum atomic E-state index is -0.224. The number of esters is 1. The number of rotatable bonds is 5. The second kappa shape index (κ2) is 6.54. The Bertz CT molecular complexity index is 571. The quantitative estimate of drug-likeness (QED) is 0.680. The molecule has 19 heavy (non-hydrogen) atoms. The van der Waals surface area contributed by atoms with Crippen molar-refractivity contribution in [1.29, 1.82) is 0 Å². The molecule has 0 aromatic carbocycles. The van der Waals surface area contributed by atoms with Crippen molar-refractivity contribution in [3.63, 3.8) is 0 Å². The van der Waals surface area contributed by atoms with Crippen LogP contribution in [-0.2, 0) is 22.5 Å². The zero-order valence-corrected chi connectivity index (χ0v) is 11.9. The smallest absolute Gasteiger partial charge is 0.310 e. The number of hydrogen-bond donors (Lipinski definition) is 1. The summed E-state index contributed by atoms with van der Waals surface area (Å²) in [6.45, 7) is 0.652. The van der Waals surface area contributed by atoms with Crippen molar-refractivity contribution in [3.8, 4) is 0 Å². The van der Waals surface area contributed by atoms with Crippen LogP contribution in [0.5, 0.6) is 0 Å². The molecule has 4 nitrogen and oxygen atoms in total. The average molecular weight is 297 g/mol. The number of pyridine rings is 1. The number of aromatic nitrogens is 1. The fraction of sp³-hybridized carbons (Fsp3) is 0.231. The van der Waals surface area contributed by atoms with Gasteiger partial charge in [0.15, 0.2) is 0 Å². The van der Waals surface area contributed by atoms with Crippen molar-refractivity contribution >= 4 is 34.7 Å². The van der Waals surface area contributed by atoms with E-state index in [1.165, 1.54) is 7.11 Å². The lowest BCUT2D eigenvalue weighted by atomic mass is 10.3. The maximum atomic E-state index is 11.2. The summed E-state index contributed by atoms with van der Waals surface area (Å²) in [6, 6.07) is 9.35. The van der Waals surface area contributed by atoms with Gasteiger partial charge in [-0.2, -0.15) is 0 Å². The van der Waals surface area contributed by atoms with E-state index in [9.17, 15) is 4.79 Å². The van der Waals surface area contributed by atoms with Crippen LogP contribution in [-0.4, -0.2) is 18.1 Å². The molecular formula is C13H13ClN2O2S. The summed E-state index contributed by atoms with van der Waals surface area (Å²) < 4.78 is 4.63. The topological polar surface area (TPSA) is 51.2 Å². The molecule has 100 valence electrons. The van der Waals surface area contributed by atoms with Crippen LogP contribution in [0.3, 0.4) is 0 Å². The van der Waals surface area contributed by atoms with Crippen LogP contribution < -0.4 is 5.32 Å². The first-order chi connectivity index (χ1) is 9.17. The van der Waals surface area contributed by atoms with E-state index in [1.54, 1.807) is 17.4 Å². The van der Waals surface area contributed by atoms with E-state index in [0.717, 1.165) is 15.6 Å². The van der Waals surface area contributed by atoms with Gasteiger partial charge in [0.1, 0.15) is 11.0 Å². The van der Waals surface area contributed by atoms with Crippen LogP contribution in [0.1, 0.15) is 9.75 Å². The number of nitrogens with zero attached hydrogens (tertiary/aromatic N) is 1. The highest BCUT2D eigenvalue weighted by molar-refractivity contribution is 7.12. The van der Waals surface area contributed by atoms with Crippen LogP contribution >= 0.6 is 22.9 Å². The maximum Gasteiger partial charge on any atom is 0.310 e. The minimum Gasteiger partial charge on any atom is -0.469 e. The number of thiophene rings is 1. The summed E-state index contributed by atoms with van der Waals surface area (Å²) in [5.41, 5.74) is 0. The number of methoxy groups -OCH3 is 1. The molecule has 2 heterocycles. The maximum absolute atomic E-state index is 11.2. The Balaban J connectivity index is 1.91. The first kappa shape index (κ1) is 13.8.